The lowest BCUT2D eigenvalue weighted by Crippen LogP contribution is -2.40. The number of aliphatic imine (C=N–C) groups is 1. The molecular formula is C19H30IN5S. The fourth-order valence-electron chi connectivity index (χ4n) is 2.57. The molecule has 0 bridgehead atoms. The number of nitrogens with zero attached hydrogens (tertiary/aromatic N) is 3. The lowest BCUT2D eigenvalue weighted by atomic mass is 10.4. The van der Waals surface area contributed by atoms with E-state index < -0.39 is 0 Å². The third-order valence-electron chi connectivity index (χ3n) is 3.80. The highest BCUT2D eigenvalue weighted by Crippen LogP contribution is 2.21. The van der Waals surface area contributed by atoms with E-state index in [1.165, 1.54) is 10.6 Å². The van der Waals surface area contributed by atoms with Crippen LogP contribution in [0.15, 0.2) is 46.3 Å². The molecule has 1 atom stereocenters. The first kappa shape index (κ1) is 22.8. The summed E-state index contributed by atoms with van der Waals surface area (Å²) in [5.74, 6) is 0.855. The van der Waals surface area contributed by atoms with Gasteiger partial charge in [-0.3, -0.25) is 9.67 Å². The van der Waals surface area contributed by atoms with E-state index >= 15 is 0 Å². The summed E-state index contributed by atoms with van der Waals surface area (Å²) in [6.45, 7) is 9.02. The van der Waals surface area contributed by atoms with Crippen LogP contribution in [0, 0.1) is 13.8 Å². The van der Waals surface area contributed by atoms with Crippen molar-refractivity contribution >= 4 is 41.7 Å². The van der Waals surface area contributed by atoms with Crippen LogP contribution in [0.5, 0.6) is 0 Å². The molecule has 144 valence electrons. The molecule has 0 aliphatic heterocycles. The Morgan fingerprint density at radius 3 is 2.58 bits per heavy atom. The van der Waals surface area contributed by atoms with Crippen LogP contribution in [0.25, 0.3) is 0 Å². The zero-order valence-electron chi connectivity index (χ0n) is 16.0. The number of guanidine groups is 1. The van der Waals surface area contributed by atoms with E-state index in [0.29, 0.717) is 5.25 Å². The summed E-state index contributed by atoms with van der Waals surface area (Å²) < 4.78 is 2.06. The van der Waals surface area contributed by atoms with Crippen LogP contribution in [-0.2, 0) is 6.54 Å². The third-order valence-corrected chi connectivity index (χ3v) is 4.92. The third kappa shape index (κ3) is 7.99. The first-order chi connectivity index (χ1) is 12.1. The Bertz CT molecular complexity index is 672. The molecule has 1 aromatic carbocycles. The molecule has 0 aliphatic rings. The number of benzene rings is 1. The number of aromatic nitrogens is 2. The highest BCUT2D eigenvalue weighted by Gasteiger charge is 2.06. The average molecular weight is 487 g/mol. The van der Waals surface area contributed by atoms with Crippen LogP contribution in [0.4, 0.5) is 0 Å². The van der Waals surface area contributed by atoms with Crippen LogP contribution < -0.4 is 10.6 Å². The minimum atomic E-state index is 0. The summed E-state index contributed by atoms with van der Waals surface area (Å²) >= 11 is 1.87. The van der Waals surface area contributed by atoms with Crippen molar-refractivity contribution in [2.24, 2.45) is 4.99 Å². The number of thioether (sulfide) groups is 1. The second-order valence-electron chi connectivity index (χ2n) is 6.13. The zero-order chi connectivity index (χ0) is 18.1. The fourth-order valence-corrected chi connectivity index (χ4v) is 3.52. The minimum absolute atomic E-state index is 0. The van der Waals surface area contributed by atoms with Crippen molar-refractivity contribution in [3.8, 4) is 0 Å². The molecule has 0 spiro atoms. The van der Waals surface area contributed by atoms with Gasteiger partial charge in [-0.05, 0) is 38.5 Å². The number of hydrogen-bond acceptors (Lipinski definition) is 3. The lowest BCUT2D eigenvalue weighted by Gasteiger charge is -2.16. The van der Waals surface area contributed by atoms with Crippen molar-refractivity contribution < 1.29 is 0 Å². The molecule has 0 radical (unpaired) electrons. The fraction of sp³-hybridized carbons (Fsp3) is 0.474. The topological polar surface area (TPSA) is 54.2 Å². The van der Waals surface area contributed by atoms with Crippen LogP contribution in [0.3, 0.4) is 0 Å². The molecule has 7 heteroatoms. The van der Waals surface area contributed by atoms with Crippen LogP contribution in [0.1, 0.15) is 24.7 Å². The standard InChI is InChI=1S/C19H29N5S.HI/c1-15-13-16(2)24(23-15)12-8-11-21-19(20-4)22-14-17(3)25-18-9-6-5-7-10-18;/h5-7,9-10,13,17H,8,11-12,14H2,1-4H3,(H2,20,21,22);1H. The molecule has 26 heavy (non-hydrogen) atoms. The smallest absolute Gasteiger partial charge is 0.191 e. The maximum absolute atomic E-state index is 4.49. The molecule has 0 saturated carbocycles. The summed E-state index contributed by atoms with van der Waals surface area (Å²) in [5, 5.41) is 11.7. The van der Waals surface area contributed by atoms with Gasteiger partial charge in [0.2, 0.25) is 0 Å². The van der Waals surface area contributed by atoms with Crippen LogP contribution in [-0.4, -0.2) is 41.1 Å². The number of aryl methyl sites for hydroxylation is 3. The Morgan fingerprint density at radius 1 is 1.23 bits per heavy atom. The van der Waals surface area contributed by atoms with Crippen molar-refractivity contribution in [3.63, 3.8) is 0 Å². The van der Waals surface area contributed by atoms with Gasteiger partial charge in [0.05, 0.1) is 5.69 Å². The van der Waals surface area contributed by atoms with Gasteiger partial charge in [-0.25, -0.2) is 0 Å². The Labute approximate surface area is 178 Å². The van der Waals surface area contributed by atoms with Crippen molar-refractivity contribution in [1.29, 1.82) is 0 Å². The summed E-state index contributed by atoms with van der Waals surface area (Å²) in [6, 6.07) is 12.6. The van der Waals surface area contributed by atoms with Gasteiger partial charge in [-0.1, -0.05) is 25.1 Å². The van der Waals surface area contributed by atoms with Gasteiger partial charge in [0, 0.05) is 42.5 Å². The predicted molar refractivity (Wildman–Crippen MR) is 123 cm³/mol. The van der Waals surface area contributed by atoms with Gasteiger partial charge >= 0.3 is 0 Å². The minimum Gasteiger partial charge on any atom is -0.356 e. The van der Waals surface area contributed by atoms with Gasteiger partial charge in [-0.2, -0.15) is 5.10 Å². The number of hydrogen-bond donors (Lipinski definition) is 2. The SMILES string of the molecule is CN=C(NCCCn1nc(C)cc1C)NCC(C)Sc1ccccc1.I. The molecular weight excluding hydrogens is 457 g/mol. The Kier molecular flexibility index (Phi) is 10.7. The van der Waals surface area contributed by atoms with Gasteiger partial charge < -0.3 is 10.6 Å². The second kappa shape index (κ2) is 12.2. The monoisotopic (exact) mass is 487 g/mol. The van der Waals surface area contributed by atoms with Gasteiger partial charge in [0.1, 0.15) is 0 Å². The first-order valence-electron chi connectivity index (χ1n) is 8.75. The molecule has 2 rings (SSSR count). The van der Waals surface area contributed by atoms with Gasteiger partial charge in [0.15, 0.2) is 5.96 Å². The lowest BCUT2D eigenvalue weighted by molar-refractivity contribution is 0.555. The predicted octanol–water partition coefficient (Wildman–Crippen LogP) is 3.85. The molecule has 0 saturated heterocycles. The molecule has 1 aromatic heterocycles. The summed E-state index contributed by atoms with van der Waals surface area (Å²) in [5.41, 5.74) is 2.29. The maximum atomic E-state index is 4.49. The van der Waals surface area contributed by atoms with Crippen LogP contribution in [0.2, 0.25) is 0 Å². The molecule has 2 aromatic rings. The number of nitrogens with one attached hydrogen (secondary N) is 2. The number of halogens is 1. The highest BCUT2D eigenvalue weighted by atomic mass is 127. The maximum Gasteiger partial charge on any atom is 0.191 e. The molecule has 0 amide bonds. The largest absolute Gasteiger partial charge is 0.356 e. The Morgan fingerprint density at radius 2 is 1.96 bits per heavy atom. The van der Waals surface area contributed by atoms with E-state index in [9.17, 15) is 0 Å². The van der Waals surface area contributed by atoms with Gasteiger partial charge in [-0.15, -0.1) is 35.7 Å². The van der Waals surface area contributed by atoms with Crippen molar-refractivity contribution in [2.75, 3.05) is 20.1 Å². The second-order valence-corrected chi connectivity index (χ2v) is 7.64. The van der Waals surface area contributed by atoms with E-state index in [1.807, 2.05) is 31.8 Å². The highest BCUT2D eigenvalue weighted by molar-refractivity contribution is 14.0. The van der Waals surface area contributed by atoms with E-state index in [2.05, 4.69) is 69.6 Å². The molecule has 0 fully saturated rings. The quantitative estimate of drug-likeness (QED) is 0.195. The van der Waals surface area contributed by atoms with E-state index in [-0.39, 0.29) is 24.0 Å². The molecule has 0 aliphatic carbocycles. The number of rotatable bonds is 8. The van der Waals surface area contributed by atoms with Gasteiger partial charge in [0.25, 0.3) is 0 Å². The van der Waals surface area contributed by atoms with E-state index in [4.69, 9.17) is 0 Å². The summed E-state index contributed by atoms with van der Waals surface area (Å²) in [7, 11) is 1.81. The Balaban J connectivity index is 0.00000338. The van der Waals surface area contributed by atoms with Crippen LogP contribution >= 0.6 is 35.7 Å². The van der Waals surface area contributed by atoms with Crippen molar-refractivity contribution in [2.45, 2.75) is 43.9 Å². The molecule has 5 nitrogen and oxygen atoms in total. The normalized spacial score (nSPS) is 12.4. The molecule has 2 N–H and O–H groups in total. The average Bonchev–Trinajstić information content (AvgIpc) is 2.92. The van der Waals surface area contributed by atoms with Crippen molar-refractivity contribution in [3.05, 3.63) is 47.8 Å². The molecule has 1 heterocycles. The first-order valence-corrected chi connectivity index (χ1v) is 9.63. The summed E-state index contributed by atoms with van der Waals surface area (Å²) in [4.78, 5) is 5.59. The Hall–Kier alpha value is -1.22. The van der Waals surface area contributed by atoms with Crippen molar-refractivity contribution in [1.82, 2.24) is 20.4 Å². The van der Waals surface area contributed by atoms with E-state index in [1.54, 1.807) is 0 Å². The van der Waals surface area contributed by atoms with E-state index in [0.717, 1.165) is 37.7 Å². The molecule has 1 unspecified atom stereocenters. The summed E-state index contributed by atoms with van der Waals surface area (Å²) in [6.07, 6.45) is 1.01. The zero-order valence-corrected chi connectivity index (χ0v) is 19.2.